The smallest absolute Gasteiger partial charge is 0.486 e. The molecule has 0 atom stereocenters. The number of para-hydroxylation sites is 2. The van der Waals surface area contributed by atoms with Gasteiger partial charge >= 0.3 is 6.36 Å². The zero-order valence-corrected chi connectivity index (χ0v) is 8.91. The summed E-state index contributed by atoms with van der Waals surface area (Å²) in [6.07, 6.45) is -1.47. The largest absolute Gasteiger partial charge is 0.573 e. The van der Waals surface area contributed by atoms with E-state index < -0.39 is 6.36 Å². The van der Waals surface area contributed by atoms with Gasteiger partial charge in [0.2, 0.25) is 0 Å². The van der Waals surface area contributed by atoms with E-state index in [0.717, 1.165) is 0 Å². The van der Waals surface area contributed by atoms with Gasteiger partial charge < -0.3 is 15.2 Å². The van der Waals surface area contributed by atoms with Gasteiger partial charge in [-0.15, -0.1) is 13.2 Å². The highest BCUT2D eigenvalue weighted by molar-refractivity contribution is 5.39. The van der Waals surface area contributed by atoms with Gasteiger partial charge in [0.25, 0.3) is 0 Å². The molecule has 3 nitrogen and oxygen atoms in total. The van der Waals surface area contributed by atoms with E-state index in [2.05, 4.69) is 4.74 Å². The minimum Gasteiger partial charge on any atom is -0.486 e. The van der Waals surface area contributed by atoms with Crippen molar-refractivity contribution in [2.45, 2.75) is 6.36 Å². The Hall–Kier alpha value is -1.69. The number of ether oxygens (including phenoxy) is 2. The number of hydrogen-bond donors (Lipinski definition) is 1. The third kappa shape index (κ3) is 5.26. The Labute approximate surface area is 96.6 Å². The second-order valence-corrected chi connectivity index (χ2v) is 3.01. The van der Waals surface area contributed by atoms with Gasteiger partial charge in [-0.3, -0.25) is 0 Å². The van der Waals surface area contributed by atoms with Crippen molar-refractivity contribution in [3.8, 4) is 11.5 Å². The van der Waals surface area contributed by atoms with Crippen LogP contribution in [0, 0.1) is 0 Å². The molecule has 0 radical (unpaired) electrons. The van der Waals surface area contributed by atoms with Crippen molar-refractivity contribution in [2.75, 3.05) is 13.2 Å². The quantitative estimate of drug-likeness (QED) is 0.813. The molecule has 0 aliphatic heterocycles. The van der Waals surface area contributed by atoms with Gasteiger partial charge in [-0.05, 0) is 12.1 Å². The minimum absolute atomic E-state index is 0.0338. The van der Waals surface area contributed by atoms with Gasteiger partial charge in [-0.25, -0.2) is 0 Å². The maximum absolute atomic E-state index is 12.1. The summed E-state index contributed by atoms with van der Waals surface area (Å²) in [5, 5.41) is 0. The number of rotatable bonds is 5. The summed E-state index contributed by atoms with van der Waals surface area (Å²) in [6, 6.07) is 5.59. The highest BCUT2D eigenvalue weighted by atomic mass is 19.4. The minimum atomic E-state index is -4.73. The van der Waals surface area contributed by atoms with Gasteiger partial charge in [0, 0.05) is 6.54 Å². The molecule has 0 heterocycles. The van der Waals surface area contributed by atoms with Crippen LogP contribution in [0.4, 0.5) is 13.2 Å². The highest BCUT2D eigenvalue weighted by Gasteiger charge is 2.32. The maximum atomic E-state index is 12.1. The second-order valence-electron chi connectivity index (χ2n) is 3.01. The lowest BCUT2D eigenvalue weighted by Crippen LogP contribution is -2.17. The van der Waals surface area contributed by atoms with Crippen LogP contribution in [0.25, 0.3) is 0 Å². The molecule has 0 aromatic heterocycles. The number of halogens is 3. The summed E-state index contributed by atoms with van der Waals surface area (Å²) in [7, 11) is 0. The van der Waals surface area contributed by atoms with Crippen LogP contribution in [0.5, 0.6) is 11.5 Å². The van der Waals surface area contributed by atoms with Crippen molar-refractivity contribution in [1.29, 1.82) is 0 Å². The van der Waals surface area contributed by atoms with Gasteiger partial charge in [0.15, 0.2) is 11.5 Å². The molecule has 1 rings (SSSR count). The summed E-state index contributed by atoms with van der Waals surface area (Å²) in [5.41, 5.74) is 5.21. The zero-order valence-electron chi connectivity index (χ0n) is 8.91. The molecule has 0 fully saturated rings. The molecule has 0 saturated carbocycles. The number of benzene rings is 1. The second kappa shape index (κ2) is 6.15. The van der Waals surface area contributed by atoms with Crippen molar-refractivity contribution in [3.05, 3.63) is 36.4 Å². The first-order valence-electron chi connectivity index (χ1n) is 4.85. The fourth-order valence-electron chi connectivity index (χ4n) is 1.08. The van der Waals surface area contributed by atoms with Crippen molar-refractivity contribution in [2.24, 2.45) is 5.73 Å². The highest BCUT2D eigenvalue weighted by Crippen LogP contribution is 2.31. The van der Waals surface area contributed by atoms with Crippen LogP contribution in [0.1, 0.15) is 0 Å². The average molecular weight is 247 g/mol. The normalized spacial score (nSPS) is 11.8. The van der Waals surface area contributed by atoms with Crippen LogP contribution < -0.4 is 15.2 Å². The van der Waals surface area contributed by atoms with Crippen molar-refractivity contribution >= 4 is 0 Å². The lowest BCUT2D eigenvalue weighted by molar-refractivity contribution is -0.275. The van der Waals surface area contributed by atoms with E-state index in [1.54, 1.807) is 18.2 Å². The van der Waals surface area contributed by atoms with Crippen molar-refractivity contribution in [1.82, 2.24) is 0 Å². The molecular formula is C11H12F3NO2. The summed E-state index contributed by atoms with van der Waals surface area (Å²) in [5.74, 6) is -0.326. The van der Waals surface area contributed by atoms with Crippen LogP contribution in [0.3, 0.4) is 0 Å². The summed E-state index contributed by atoms with van der Waals surface area (Å²) >= 11 is 0. The maximum Gasteiger partial charge on any atom is 0.573 e. The molecule has 0 unspecified atom stereocenters. The molecule has 17 heavy (non-hydrogen) atoms. The fourth-order valence-corrected chi connectivity index (χ4v) is 1.08. The average Bonchev–Trinajstić information content (AvgIpc) is 2.24. The van der Waals surface area contributed by atoms with E-state index in [-0.39, 0.29) is 18.1 Å². The Bertz CT molecular complexity index is 377. The van der Waals surface area contributed by atoms with E-state index in [1.807, 2.05) is 0 Å². The first-order chi connectivity index (χ1) is 8.03. The van der Waals surface area contributed by atoms with E-state index in [1.165, 1.54) is 18.2 Å². The first-order valence-corrected chi connectivity index (χ1v) is 4.85. The Morgan fingerprint density at radius 2 is 1.76 bits per heavy atom. The van der Waals surface area contributed by atoms with E-state index in [4.69, 9.17) is 10.5 Å². The molecular weight excluding hydrogens is 235 g/mol. The van der Waals surface area contributed by atoms with Crippen molar-refractivity contribution in [3.63, 3.8) is 0 Å². The van der Waals surface area contributed by atoms with Gasteiger partial charge in [0.1, 0.15) is 6.61 Å². The monoisotopic (exact) mass is 247 g/mol. The van der Waals surface area contributed by atoms with E-state index in [9.17, 15) is 13.2 Å². The lowest BCUT2D eigenvalue weighted by atomic mass is 10.3. The lowest BCUT2D eigenvalue weighted by Gasteiger charge is -2.12. The van der Waals surface area contributed by atoms with Gasteiger partial charge in [-0.2, -0.15) is 0 Å². The molecule has 6 heteroatoms. The molecule has 0 aliphatic carbocycles. The molecule has 0 bridgehead atoms. The molecule has 0 saturated heterocycles. The Kier molecular flexibility index (Phi) is 4.84. The first kappa shape index (κ1) is 13.4. The molecule has 2 N–H and O–H groups in total. The third-order valence-corrected chi connectivity index (χ3v) is 1.71. The summed E-state index contributed by atoms with van der Waals surface area (Å²) < 4.78 is 45.1. The molecule has 1 aromatic rings. The van der Waals surface area contributed by atoms with Crippen LogP contribution >= 0.6 is 0 Å². The molecule has 0 aliphatic rings. The Morgan fingerprint density at radius 1 is 1.12 bits per heavy atom. The van der Waals surface area contributed by atoms with Crippen LogP contribution in [-0.2, 0) is 0 Å². The predicted molar refractivity (Wildman–Crippen MR) is 56.8 cm³/mol. The molecule has 1 aromatic carbocycles. The van der Waals surface area contributed by atoms with Crippen molar-refractivity contribution < 1.29 is 22.6 Å². The standard InChI is InChI=1S/C11H12F3NO2/c12-11(13,14)17-10-6-2-1-5-9(10)16-8-4-3-7-15/h1-6H,7-8,15H2/b4-3+. The SMILES string of the molecule is NC/C=C/COc1ccccc1OC(F)(F)F. The third-order valence-electron chi connectivity index (χ3n) is 1.71. The Morgan fingerprint density at radius 3 is 2.35 bits per heavy atom. The van der Waals surface area contributed by atoms with E-state index in [0.29, 0.717) is 6.54 Å². The molecule has 0 spiro atoms. The van der Waals surface area contributed by atoms with E-state index >= 15 is 0 Å². The number of hydrogen-bond acceptors (Lipinski definition) is 3. The predicted octanol–water partition coefficient (Wildman–Crippen LogP) is 2.48. The zero-order chi connectivity index (χ0) is 12.7. The number of nitrogens with two attached hydrogens (primary N) is 1. The fraction of sp³-hybridized carbons (Fsp3) is 0.273. The summed E-state index contributed by atoms with van der Waals surface area (Å²) in [4.78, 5) is 0. The van der Waals surface area contributed by atoms with Crippen LogP contribution in [-0.4, -0.2) is 19.5 Å². The van der Waals surface area contributed by atoms with Gasteiger partial charge in [0.05, 0.1) is 0 Å². The van der Waals surface area contributed by atoms with Crippen LogP contribution in [0.15, 0.2) is 36.4 Å². The van der Waals surface area contributed by atoms with Crippen LogP contribution in [0.2, 0.25) is 0 Å². The topological polar surface area (TPSA) is 44.5 Å². The Balaban J connectivity index is 2.67. The number of alkyl halides is 3. The summed E-state index contributed by atoms with van der Waals surface area (Å²) in [6.45, 7) is 0.486. The van der Waals surface area contributed by atoms with Gasteiger partial charge in [-0.1, -0.05) is 24.3 Å². The molecule has 0 amide bonds. The molecule has 94 valence electrons.